The molecule has 3 N–H and O–H groups in total. The van der Waals surface area contributed by atoms with Gasteiger partial charge in [-0.1, -0.05) is 18.2 Å². The average Bonchev–Trinajstić information content (AvgIpc) is 2.69. The van der Waals surface area contributed by atoms with Crippen LogP contribution < -0.4 is 11.2 Å². The summed E-state index contributed by atoms with van der Waals surface area (Å²) in [5.74, 6) is 0. The van der Waals surface area contributed by atoms with Crippen LogP contribution >= 0.6 is 0 Å². The second kappa shape index (κ2) is 4.07. The number of nitrogen functional groups attached to an aromatic ring is 1. The first-order valence-corrected chi connectivity index (χ1v) is 5.79. The summed E-state index contributed by atoms with van der Waals surface area (Å²) in [6, 6.07) is 12.1. The van der Waals surface area contributed by atoms with Crippen molar-refractivity contribution in [2.45, 2.75) is 6.92 Å². The van der Waals surface area contributed by atoms with Gasteiger partial charge in [0.1, 0.15) is 0 Å². The van der Waals surface area contributed by atoms with Gasteiger partial charge in [-0.05, 0) is 25.1 Å². The molecule has 3 aromatic rings. The summed E-state index contributed by atoms with van der Waals surface area (Å²) in [7, 11) is 0. The molecule has 0 aliphatic carbocycles. The maximum atomic E-state index is 5.92. The Labute approximate surface area is 105 Å². The van der Waals surface area contributed by atoms with Crippen LogP contribution in [0.15, 0.2) is 48.8 Å². The number of nitrogens with one attached hydrogen (secondary N) is 1. The Morgan fingerprint density at radius 1 is 1.22 bits per heavy atom. The molecule has 2 heterocycles. The second-order valence-corrected chi connectivity index (χ2v) is 4.25. The highest BCUT2D eigenvalue weighted by Gasteiger charge is 2.06. The van der Waals surface area contributed by atoms with Crippen molar-refractivity contribution in [3.8, 4) is 0 Å². The Morgan fingerprint density at radius 2 is 2.06 bits per heavy atom. The van der Waals surface area contributed by atoms with E-state index in [-0.39, 0.29) is 0 Å². The molecule has 0 saturated heterocycles. The number of hydrogen-bond acceptors (Lipinski definition) is 3. The van der Waals surface area contributed by atoms with E-state index in [1.807, 2.05) is 16.8 Å². The first-order valence-electron chi connectivity index (χ1n) is 5.79. The molecule has 3 rings (SSSR count). The van der Waals surface area contributed by atoms with Crippen molar-refractivity contribution in [2.75, 3.05) is 11.2 Å². The molecule has 0 amide bonds. The monoisotopic (exact) mass is 238 g/mol. The summed E-state index contributed by atoms with van der Waals surface area (Å²) >= 11 is 0. The molecule has 1 aromatic carbocycles. The molecule has 0 fully saturated rings. The Hall–Kier alpha value is -2.49. The van der Waals surface area contributed by atoms with Crippen molar-refractivity contribution in [3.05, 3.63) is 54.5 Å². The molecular formula is C14H14N4. The van der Waals surface area contributed by atoms with Gasteiger partial charge in [0, 0.05) is 17.3 Å². The zero-order valence-electron chi connectivity index (χ0n) is 10.1. The minimum atomic E-state index is 0.683. The number of fused-ring (bicyclic) bond motifs is 1. The standard InChI is InChI=1S/C14H14N4/c1-10-8-11-4-2-3-5-14(11)18(10)17-13-9-16-7-6-12(13)15/h2-9,17H,1H3,(H2,15,16). The van der Waals surface area contributed by atoms with Crippen LogP contribution in [0.5, 0.6) is 0 Å². The van der Waals surface area contributed by atoms with Gasteiger partial charge in [0.2, 0.25) is 0 Å². The van der Waals surface area contributed by atoms with Crippen LogP contribution in [0, 0.1) is 6.92 Å². The lowest BCUT2D eigenvalue weighted by atomic mass is 10.2. The minimum absolute atomic E-state index is 0.683. The fourth-order valence-corrected chi connectivity index (χ4v) is 2.06. The highest BCUT2D eigenvalue weighted by atomic mass is 15.4. The number of nitrogens with zero attached hydrogens (tertiary/aromatic N) is 2. The number of aromatic nitrogens is 2. The lowest BCUT2D eigenvalue weighted by Gasteiger charge is -2.13. The number of rotatable bonds is 2. The Bertz CT molecular complexity index is 700. The van der Waals surface area contributed by atoms with Gasteiger partial charge in [-0.3, -0.25) is 15.1 Å². The highest BCUT2D eigenvalue weighted by Crippen LogP contribution is 2.22. The fraction of sp³-hybridized carbons (Fsp3) is 0.0714. The predicted molar refractivity (Wildman–Crippen MR) is 74.3 cm³/mol. The van der Waals surface area contributed by atoms with Crippen LogP contribution in [-0.2, 0) is 0 Å². The highest BCUT2D eigenvalue weighted by molar-refractivity contribution is 5.82. The molecule has 0 saturated carbocycles. The third-order valence-electron chi connectivity index (χ3n) is 2.98. The van der Waals surface area contributed by atoms with Crippen molar-refractivity contribution in [1.82, 2.24) is 9.66 Å². The predicted octanol–water partition coefficient (Wildman–Crippen LogP) is 2.80. The van der Waals surface area contributed by atoms with E-state index in [1.54, 1.807) is 18.5 Å². The first kappa shape index (κ1) is 10.7. The molecule has 0 atom stereocenters. The largest absolute Gasteiger partial charge is 0.397 e. The van der Waals surface area contributed by atoms with Crippen LogP contribution in [0.1, 0.15) is 5.69 Å². The number of pyridine rings is 1. The second-order valence-electron chi connectivity index (χ2n) is 4.25. The van der Waals surface area contributed by atoms with E-state index in [2.05, 4.69) is 35.5 Å². The number of nitrogens with two attached hydrogens (primary N) is 1. The van der Waals surface area contributed by atoms with Gasteiger partial charge < -0.3 is 5.73 Å². The molecule has 90 valence electrons. The topological polar surface area (TPSA) is 55.9 Å². The quantitative estimate of drug-likeness (QED) is 0.721. The SMILES string of the molecule is Cc1cc2ccccc2n1Nc1cnccc1N. The smallest absolute Gasteiger partial charge is 0.0958 e. The third kappa shape index (κ3) is 1.68. The van der Waals surface area contributed by atoms with Crippen molar-refractivity contribution >= 4 is 22.3 Å². The summed E-state index contributed by atoms with van der Waals surface area (Å²) in [5, 5.41) is 1.20. The third-order valence-corrected chi connectivity index (χ3v) is 2.98. The van der Waals surface area contributed by atoms with Crippen LogP contribution in [0.3, 0.4) is 0 Å². The Balaban J connectivity index is 2.10. The lowest BCUT2D eigenvalue weighted by Crippen LogP contribution is -2.11. The van der Waals surface area contributed by atoms with E-state index in [0.29, 0.717) is 5.69 Å². The van der Waals surface area contributed by atoms with Crippen LogP contribution in [0.25, 0.3) is 10.9 Å². The Kier molecular flexibility index (Phi) is 2.41. The van der Waals surface area contributed by atoms with E-state index >= 15 is 0 Å². The lowest BCUT2D eigenvalue weighted by molar-refractivity contribution is 0.955. The van der Waals surface area contributed by atoms with Gasteiger partial charge in [-0.15, -0.1) is 0 Å². The molecular weight excluding hydrogens is 224 g/mol. The van der Waals surface area contributed by atoms with Gasteiger partial charge in [0.15, 0.2) is 0 Å². The summed E-state index contributed by atoms with van der Waals surface area (Å²) in [6.07, 6.45) is 3.41. The number of anilines is 2. The fourth-order valence-electron chi connectivity index (χ4n) is 2.06. The first-order chi connectivity index (χ1) is 8.75. The van der Waals surface area contributed by atoms with Crippen molar-refractivity contribution in [1.29, 1.82) is 0 Å². The molecule has 0 aliphatic rings. The zero-order chi connectivity index (χ0) is 12.5. The molecule has 0 aliphatic heterocycles. The van der Waals surface area contributed by atoms with Gasteiger partial charge >= 0.3 is 0 Å². The molecule has 4 nitrogen and oxygen atoms in total. The van der Waals surface area contributed by atoms with Crippen molar-refractivity contribution < 1.29 is 0 Å². The maximum Gasteiger partial charge on any atom is 0.0958 e. The normalized spacial score (nSPS) is 10.7. The average molecular weight is 238 g/mol. The van der Waals surface area contributed by atoms with E-state index in [0.717, 1.165) is 16.9 Å². The summed E-state index contributed by atoms with van der Waals surface area (Å²) in [4.78, 5) is 4.08. The molecule has 0 unspecified atom stereocenters. The van der Waals surface area contributed by atoms with Crippen LogP contribution in [-0.4, -0.2) is 9.66 Å². The maximum absolute atomic E-state index is 5.92. The Morgan fingerprint density at radius 3 is 2.89 bits per heavy atom. The van der Waals surface area contributed by atoms with E-state index in [9.17, 15) is 0 Å². The number of aryl methyl sites for hydroxylation is 1. The number of hydrogen-bond donors (Lipinski definition) is 2. The molecule has 2 aromatic heterocycles. The number of para-hydroxylation sites is 1. The van der Waals surface area contributed by atoms with Crippen molar-refractivity contribution in [3.63, 3.8) is 0 Å². The summed E-state index contributed by atoms with van der Waals surface area (Å²) < 4.78 is 2.02. The van der Waals surface area contributed by atoms with Gasteiger partial charge in [-0.2, -0.15) is 0 Å². The molecule has 4 heteroatoms. The zero-order valence-corrected chi connectivity index (χ0v) is 10.1. The van der Waals surface area contributed by atoms with Crippen molar-refractivity contribution in [2.24, 2.45) is 0 Å². The van der Waals surface area contributed by atoms with Gasteiger partial charge in [-0.25, -0.2) is 0 Å². The number of benzene rings is 1. The molecule has 0 radical (unpaired) electrons. The molecule has 0 bridgehead atoms. The summed E-state index contributed by atoms with van der Waals surface area (Å²) in [5.41, 5.74) is 12.9. The summed E-state index contributed by atoms with van der Waals surface area (Å²) in [6.45, 7) is 2.06. The van der Waals surface area contributed by atoms with Gasteiger partial charge in [0.05, 0.1) is 23.1 Å². The molecule has 0 spiro atoms. The van der Waals surface area contributed by atoms with Crippen LogP contribution in [0.2, 0.25) is 0 Å². The minimum Gasteiger partial charge on any atom is -0.397 e. The van der Waals surface area contributed by atoms with E-state index < -0.39 is 0 Å². The van der Waals surface area contributed by atoms with Crippen LogP contribution in [0.4, 0.5) is 11.4 Å². The van der Waals surface area contributed by atoms with E-state index in [4.69, 9.17) is 5.73 Å². The van der Waals surface area contributed by atoms with E-state index in [1.165, 1.54) is 5.39 Å². The van der Waals surface area contributed by atoms with Gasteiger partial charge in [0.25, 0.3) is 0 Å². The molecule has 18 heavy (non-hydrogen) atoms.